The van der Waals surface area contributed by atoms with E-state index in [1.54, 1.807) is 23.1 Å². The van der Waals surface area contributed by atoms with E-state index in [1.807, 2.05) is 39.0 Å². The number of likely N-dealkylation sites (N-methyl/N-ethyl adjacent to an activating group) is 1. The second kappa shape index (κ2) is 6.73. The zero-order valence-corrected chi connectivity index (χ0v) is 22.8. The second-order valence-corrected chi connectivity index (χ2v) is 13.5. The molecule has 9 heteroatoms. The van der Waals surface area contributed by atoms with E-state index in [0.29, 0.717) is 36.6 Å². The van der Waals surface area contributed by atoms with Crippen molar-refractivity contribution < 1.29 is 29.0 Å². The second-order valence-electron chi connectivity index (χ2n) is 13.5. The summed E-state index contributed by atoms with van der Waals surface area (Å²) in [5.41, 5.74) is -2.74. The number of hydrogen-bond acceptors (Lipinski definition) is 6. The van der Waals surface area contributed by atoms with Crippen LogP contribution in [0.4, 0.5) is 5.69 Å². The van der Waals surface area contributed by atoms with Gasteiger partial charge in [-0.15, -0.1) is 0 Å². The van der Waals surface area contributed by atoms with E-state index in [4.69, 9.17) is 9.47 Å². The quantitative estimate of drug-likeness (QED) is 0.543. The molecule has 6 heterocycles. The van der Waals surface area contributed by atoms with Crippen molar-refractivity contribution in [1.82, 2.24) is 9.80 Å². The lowest BCUT2D eigenvalue weighted by Gasteiger charge is -2.68. The standard InChI is InChI=1S/C29H35N3O6/c1-15-11-19(33)32-14-27-13-28(26(4,5)18(27)12-29(32,22(15)34)24(36)31(27)6)16-7-8-17-21(20(16)30-23(28)35)37-10-9-25(2,3)38-17/h7-10,15,18,22,34H,11-14H2,1-6H3,(H,30,35)/t15-,18+,22-,27-,28-,29-/m1/s1. The van der Waals surface area contributed by atoms with E-state index in [0.717, 1.165) is 5.56 Å². The van der Waals surface area contributed by atoms with Crippen LogP contribution in [0.15, 0.2) is 24.5 Å². The summed E-state index contributed by atoms with van der Waals surface area (Å²) in [5.74, 6) is 0.142. The SMILES string of the molecule is C[C@@H]1CC(=O)N2C[C@]34C[C@@]5(C(=O)Nc6c5ccc5c6OC=CC(C)(C)O5)C(C)(C)[C@@H]3C[C@]2(C(=O)N4C)[C@@H]1O. The number of benzene rings is 1. The normalized spacial score (nSPS) is 41.1. The third kappa shape index (κ3) is 2.37. The van der Waals surface area contributed by atoms with E-state index >= 15 is 0 Å². The predicted molar refractivity (Wildman–Crippen MR) is 137 cm³/mol. The van der Waals surface area contributed by atoms with E-state index in [1.165, 1.54) is 0 Å². The minimum atomic E-state index is -1.29. The maximum absolute atomic E-state index is 14.2. The first-order chi connectivity index (χ1) is 17.7. The van der Waals surface area contributed by atoms with Crippen molar-refractivity contribution in [2.24, 2.45) is 17.3 Å². The summed E-state index contributed by atoms with van der Waals surface area (Å²) in [6.45, 7) is 10.2. The lowest BCUT2D eigenvalue weighted by atomic mass is 9.55. The topological polar surface area (TPSA) is 108 Å². The molecule has 1 saturated carbocycles. The first-order valence-electron chi connectivity index (χ1n) is 13.5. The molecule has 4 saturated heterocycles. The van der Waals surface area contributed by atoms with Gasteiger partial charge in [0.2, 0.25) is 11.8 Å². The summed E-state index contributed by atoms with van der Waals surface area (Å²) in [6, 6.07) is 3.82. The Morgan fingerprint density at radius 2 is 1.87 bits per heavy atom. The van der Waals surface area contributed by atoms with E-state index in [9.17, 15) is 19.5 Å². The molecule has 0 radical (unpaired) electrons. The van der Waals surface area contributed by atoms with Gasteiger partial charge in [0.15, 0.2) is 11.5 Å². The van der Waals surface area contributed by atoms with Crippen LogP contribution in [0.5, 0.6) is 11.5 Å². The molecular formula is C29H35N3O6. The number of piperazine rings is 1. The van der Waals surface area contributed by atoms with Gasteiger partial charge in [0, 0.05) is 20.0 Å². The van der Waals surface area contributed by atoms with E-state index in [2.05, 4.69) is 19.2 Å². The zero-order chi connectivity index (χ0) is 27.2. The monoisotopic (exact) mass is 521 g/mol. The number of amides is 3. The number of rotatable bonds is 0. The largest absolute Gasteiger partial charge is 0.480 e. The first kappa shape index (κ1) is 24.0. The minimum absolute atomic E-state index is 0.0950. The Morgan fingerprint density at radius 3 is 2.61 bits per heavy atom. The fourth-order valence-corrected chi connectivity index (χ4v) is 9.05. The van der Waals surface area contributed by atoms with Crippen LogP contribution in [0.25, 0.3) is 0 Å². The number of carbonyl (C=O) groups is 3. The number of ether oxygens (including phenoxy) is 2. The molecule has 0 aromatic heterocycles. The van der Waals surface area contributed by atoms with Gasteiger partial charge < -0.3 is 29.7 Å². The molecule has 38 heavy (non-hydrogen) atoms. The van der Waals surface area contributed by atoms with E-state index < -0.39 is 33.6 Å². The van der Waals surface area contributed by atoms with Crippen molar-refractivity contribution in [3.8, 4) is 11.5 Å². The highest BCUT2D eigenvalue weighted by Crippen LogP contribution is 2.72. The van der Waals surface area contributed by atoms with Crippen molar-refractivity contribution in [2.45, 2.75) is 82.1 Å². The van der Waals surface area contributed by atoms with Crippen LogP contribution in [-0.2, 0) is 19.8 Å². The average molecular weight is 522 g/mol. The summed E-state index contributed by atoms with van der Waals surface area (Å²) < 4.78 is 12.2. The Bertz CT molecular complexity index is 1370. The predicted octanol–water partition coefficient (Wildman–Crippen LogP) is 2.57. The van der Waals surface area contributed by atoms with Gasteiger partial charge in [0.25, 0.3) is 5.91 Å². The third-order valence-electron chi connectivity index (χ3n) is 11.0. The van der Waals surface area contributed by atoms with Crippen molar-refractivity contribution in [1.29, 1.82) is 0 Å². The van der Waals surface area contributed by atoms with Gasteiger partial charge in [-0.3, -0.25) is 14.4 Å². The number of aliphatic hydroxyl groups is 1. The van der Waals surface area contributed by atoms with Gasteiger partial charge in [0.05, 0.1) is 29.0 Å². The number of carbonyl (C=O) groups excluding carboxylic acids is 3. The van der Waals surface area contributed by atoms with Crippen molar-refractivity contribution in [2.75, 3.05) is 18.9 Å². The summed E-state index contributed by atoms with van der Waals surface area (Å²) in [4.78, 5) is 45.0. The van der Waals surface area contributed by atoms with Gasteiger partial charge in [-0.25, -0.2) is 0 Å². The average Bonchev–Trinajstić information content (AvgIpc) is 3.16. The Balaban J connectivity index is 1.42. The maximum Gasteiger partial charge on any atom is 0.251 e. The number of hydrogen-bond donors (Lipinski definition) is 2. The molecule has 6 atom stereocenters. The number of piperidine rings is 3. The van der Waals surface area contributed by atoms with Crippen LogP contribution in [0, 0.1) is 17.3 Å². The molecule has 3 amide bonds. The molecule has 1 aliphatic carbocycles. The third-order valence-corrected chi connectivity index (χ3v) is 11.0. The Morgan fingerprint density at radius 1 is 1.13 bits per heavy atom. The highest BCUT2D eigenvalue weighted by Gasteiger charge is 2.81. The van der Waals surface area contributed by atoms with Crippen LogP contribution in [-0.4, -0.2) is 69.0 Å². The lowest BCUT2D eigenvalue weighted by molar-refractivity contribution is -0.222. The van der Waals surface area contributed by atoms with Crippen LogP contribution < -0.4 is 14.8 Å². The molecule has 5 fully saturated rings. The molecule has 1 aromatic carbocycles. The molecule has 8 rings (SSSR count). The Kier molecular flexibility index (Phi) is 4.25. The van der Waals surface area contributed by atoms with Crippen molar-refractivity contribution in [3.63, 3.8) is 0 Å². The fourth-order valence-electron chi connectivity index (χ4n) is 9.05. The number of anilines is 1. The first-order valence-corrected chi connectivity index (χ1v) is 13.5. The van der Waals surface area contributed by atoms with Gasteiger partial charge in [0.1, 0.15) is 11.1 Å². The highest BCUT2D eigenvalue weighted by atomic mass is 16.5. The summed E-state index contributed by atoms with van der Waals surface area (Å²) >= 11 is 0. The number of fused-ring (bicyclic) bond motifs is 5. The molecule has 2 N–H and O–H groups in total. The lowest BCUT2D eigenvalue weighted by Crippen LogP contribution is -2.85. The smallest absolute Gasteiger partial charge is 0.251 e. The minimum Gasteiger partial charge on any atom is -0.480 e. The van der Waals surface area contributed by atoms with Gasteiger partial charge in [-0.05, 0) is 61.6 Å². The van der Waals surface area contributed by atoms with Crippen LogP contribution in [0.2, 0.25) is 0 Å². The van der Waals surface area contributed by atoms with Gasteiger partial charge >= 0.3 is 0 Å². The Labute approximate surface area is 222 Å². The molecule has 0 unspecified atom stereocenters. The molecule has 9 nitrogen and oxygen atoms in total. The number of nitrogens with one attached hydrogen (secondary N) is 1. The fraction of sp³-hybridized carbons (Fsp3) is 0.621. The zero-order valence-electron chi connectivity index (χ0n) is 22.8. The molecule has 1 aromatic rings. The molecular weight excluding hydrogens is 486 g/mol. The summed E-state index contributed by atoms with van der Waals surface area (Å²) in [6.07, 6.45) is 3.41. The van der Waals surface area contributed by atoms with Crippen LogP contribution in [0.3, 0.4) is 0 Å². The molecule has 202 valence electrons. The summed E-state index contributed by atoms with van der Waals surface area (Å²) in [5, 5.41) is 14.6. The molecule has 6 aliphatic heterocycles. The van der Waals surface area contributed by atoms with Gasteiger partial charge in [-0.2, -0.15) is 0 Å². The molecule has 2 bridgehead atoms. The van der Waals surface area contributed by atoms with Crippen molar-refractivity contribution in [3.05, 3.63) is 30.0 Å². The molecule has 7 aliphatic rings. The van der Waals surface area contributed by atoms with Crippen LogP contribution in [0.1, 0.15) is 59.4 Å². The van der Waals surface area contributed by atoms with Crippen molar-refractivity contribution >= 4 is 23.4 Å². The highest BCUT2D eigenvalue weighted by molar-refractivity contribution is 6.10. The molecule has 3 spiro atoms. The number of aliphatic hydroxyl groups excluding tert-OH is 1. The van der Waals surface area contributed by atoms with E-state index in [-0.39, 0.29) is 36.0 Å². The van der Waals surface area contributed by atoms with Crippen LogP contribution >= 0.6 is 0 Å². The maximum atomic E-state index is 14.2. The number of nitrogens with zero attached hydrogens (tertiary/aromatic N) is 2. The Hall–Kier alpha value is -3.07. The summed E-state index contributed by atoms with van der Waals surface area (Å²) in [7, 11) is 1.79. The van der Waals surface area contributed by atoms with Gasteiger partial charge in [-0.1, -0.05) is 26.8 Å².